The molecule has 0 aliphatic carbocycles. The van der Waals surface area contributed by atoms with Crippen LogP contribution in [0.1, 0.15) is 16.7 Å². The minimum absolute atomic E-state index is 0.161. The molecule has 0 spiro atoms. The highest BCUT2D eigenvalue weighted by atomic mass is 127. The van der Waals surface area contributed by atoms with Crippen molar-refractivity contribution >= 4 is 68.1 Å². The number of hydrogen-bond acceptors (Lipinski definition) is 5. The second-order valence-electron chi connectivity index (χ2n) is 7.71. The molecule has 1 fully saturated rings. The summed E-state index contributed by atoms with van der Waals surface area (Å²) >= 11 is 5.63. The first-order chi connectivity index (χ1) is 16.8. The highest BCUT2D eigenvalue weighted by Crippen LogP contribution is 2.36. The number of imide groups is 2. The molecule has 1 saturated heterocycles. The van der Waals surface area contributed by atoms with Gasteiger partial charge in [0.2, 0.25) is 0 Å². The number of nitrogens with zero attached hydrogens (tertiary/aromatic N) is 1. The first-order valence-corrected chi connectivity index (χ1v) is 12.4. The smallest absolute Gasteiger partial charge is 0.335 e. The first kappa shape index (κ1) is 24.9. The van der Waals surface area contributed by atoms with Crippen LogP contribution in [0.4, 0.5) is 10.5 Å². The Hall–Kier alpha value is -3.18. The molecule has 0 atom stereocenters. The van der Waals surface area contributed by atoms with E-state index in [-0.39, 0.29) is 5.57 Å². The van der Waals surface area contributed by atoms with E-state index in [9.17, 15) is 14.4 Å². The van der Waals surface area contributed by atoms with Gasteiger partial charge in [-0.05, 0) is 77.0 Å². The van der Waals surface area contributed by atoms with Gasteiger partial charge in [0.1, 0.15) is 12.2 Å². The minimum atomic E-state index is -0.786. The van der Waals surface area contributed by atoms with Crippen molar-refractivity contribution < 1.29 is 23.9 Å². The van der Waals surface area contributed by atoms with Gasteiger partial charge in [0.15, 0.2) is 11.5 Å². The molecule has 178 valence electrons. The third-order valence-electron chi connectivity index (χ3n) is 5.25. The molecule has 0 saturated carbocycles. The van der Waals surface area contributed by atoms with Crippen molar-refractivity contribution in [2.24, 2.45) is 0 Å². The summed E-state index contributed by atoms with van der Waals surface area (Å²) in [5, 5.41) is 2.24. The van der Waals surface area contributed by atoms with E-state index in [1.54, 1.807) is 30.3 Å². The van der Waals surface area contributed by atoms with Gasteiger partial charge in [0.05, 0.1) is 16.4 Å². The zero-order valence-electron chi connectivity index (χ0n) is 18.8. The maximum Gasteiger partial charge on any atom is 0.335 e. The third-order valence-corrected chi connectivity index (χ3v) is 6.83. The molecule has 9 heteroatoms. The van der Waals surface area contributed by atoms with Gasteiger partial charge in [-0.15, -0.1) is 0 Å². The standard InChI is InChI=1S/C26H20BrIN2O5/c1-15-6-5-8-18(10-15)30-25(32)19(24(31)29-26(30)33)11-16-12-21(28)23(22(13-16)34-2)35-14-17-7-3-4-9-20(17)27/h3-13H,14H2,1-2H3,(H,29,31,33)/b19-11+. The number of amides is 4. The summed E-state index contributed by atoms with van der Waals surface area (Å²) in [5.41, 5.74) is 2.63. The van der Waals surface area contributed by atoms with Gasteiger partial charge >= 0.3 is 6.03 Å². The summed E-state index contributed by atoms with van der Waals surface area (Å²) < 4.78 is 13.2. The summed E-state index contributed by atoms with van der Waals surface area (Å²) in [6.45, 7) is 2.18. The van der Waals surface area contributed by atoms with Crippen LogP contribution in [0.25, 0.3) is 6.08 Å². The van der Waals surface area contributed by atoms with E-state index < -0.39 is 17.8 Å². The number of aryl methyl sites for hydroxylation is 1. The second-order valence-corrected chi connectivity index (χ2v) is 9.73. The van der Waals surface area contributed by atoms with Crippen molar-refractivity contribution in [3.63, 3.8) is 0 Å². The fourth-order valence-electron chi connectivity index (χ4n) is 3.55. The highest BCUT2D eigenvalue weighted by Gasteiger charge is 2.36. The number of carbonyl (C=O) groups is 3. The molecule has 0 bridgehead atoms. The topological polar surface area (TPSA) is 84.9 Å². The summed E-state index contributed by atoms with van der Waals surface area (Å²) in [6, 6.07) is 17.4. The van der Waals surface area contributed by atoms with E-state index in [1.165, 1.54) is 13.2 Å². The maximum atomic E-state index is 13.2. The average molecular weight is 647 g/mol. The lowest BCUT2D eigenvalue weighted by Gasteiger charge is -2.26. The molecule has 3 aromatic carbocycles. The number of nitrogens with one attached hydrogen (secondary N) is 1. The Labute approximate surface area is 224 Å². The monoisotopic (exact) mass is 646 g/mol. The number of ether oxygens (including phenoxy) is 2. The van der Waals surface area contributed by atoms with Gasteiger partial charge in [-0.25, -0.2) is 9.69 Å². The zero-order valence-corrected chi connectivity index (χ0v) is 22.5. The SMILES string of the molecule is COc1cc(/C=C2\C(=O)NC(=O)N(c3cccc(C)c3)C2=O)cc(I)c1OCc1ccccc1Br. The lowest BCUT2D eigenvalue weighted by Crippen LogP contribution is -2.54. The number of hydrogen-bond donors (Lipinski definition) is 1. The Balaban J connectivity index is 1.65. The predicted octanol–water partition coefficient (Wildman–Crippen LogP) is 5.62. The molecule has 4 rings (SSSR count). The van der Waals surface area contributed by atoms with E-state index in [2.05, 4.69) is 43.8 Å². The average Bonchev–Trinajstić information content (AvgIpc) is 2.81. The molecular formula is C26H20BrIN2O5. The Bertz CT molecular complexity index is 1370. The Morgan fingerprint density at radius 3 is 2.54 bits per heavy atom. The Morgan fingerprint density at radius 2 is 1.83 bits per heavy atom. The normalized spacial score (nSPS) is 14.8. The maximum absolute atomic E-state index is 13.2. The van der Waals surface area contributed by atoms with Gasteiger partial charge in [-0.1, -0.05) is 46.3 Å². The van der Waals surface area contributed by atoms with E-state index >= 15 is 0 Å². The largest absolute Gasteiger partial charge is 0.493 e. The fourth-order valence-corrected chi connectivity index (χ4v) is 4.73. The molecule has 35 heavy (non-hydrogen) atoms. The molecule has 1 aliphatic heterocycles. The quantitative estimate of drug-likeness (QED) is 0.214. The number of rotatable bonds is 6. The third kappa shape index (κ3) is 5.40. The summed E-state index contributed by atoms with van der Waals surface area (Å²) in [5.74, 6) is -0.465. The van der Waals surface area contributed by atoms with E-state index in [0.29, 0.717) is 29.4 Å². The van der Waals surface area contributed by atoms with Crippen LogP contribution < -0.4 is 19.7 Å². The summed E-state index contributed by atoms with van der Waals surface area (Å²) in [7, 11) is 1.52. The van der Waals surface area contributed by atoms with Crippen LogP contribution in [0.2, 0.25) is 0 Å². The predicted molar refractivity (Wildman–Crippen MR) is 144 cm³/mol. The zero-order chi connectivity index (χ0) is 25.1. The lowest BCUT2D eigenvalue weighted by atomic mass is 10.1. The number of barbiturate groups is 1. The highest BCUT2D eigenvalue weighted by molar-refractivity contribution is 14.1. The van der Waals surface area contributed by atoms with Crippen molar-refractivity contribution in [2.75, 3.05) is 12.0 Å². The van der Waals surface area contributed by atoms with Gasteiger partial charge in [-0.3, -0.25) is 14.9 Å². The van der Waals surface area contributed by atoms with Crippen molar-refractivity contribution in [3.05, 3.63) is 91.0 Å². The van der Waals surface area contributed by atoms with Crippen LogP contribution in [-0.2, 0) is 16.2 Å². The second kappa shape index (κ2) is 10.6. The van der Waals surface area contributed by atoms with E-state index in [4.69, 9.17) is 9.47 Å². The number of halogens is 2. The molecule has 0 aromatic heterocycles. The first-order valence-electron chi connectivity index (χ1n) is 10.5. The molecule has 1 heterocycles. The number of anilines is 1. The minimum Gasteiger partial charge on any atom is -0.493 e. The molecule has 1 aliphatic rings. The van der Waals surface area contributed by atoms with Crippen LogP contribution >= 0.6 is 38.5 Å². The van der Waals surface area contributed by atoms with E-state index in [1.807, 2.05) is 37.3 Å². The van der Waals surface area contributed by atoms with Crippen LogP contribution in [0.3, 0.4) is 0 Å². The van der Waals surface area contributed by atoms with Gasteiger partial charge < -0.3 is 9.47 Å². The number of carbonyl (C=O) groups excluding carboxylic acids is 3. The number of benzene rings is 3. The molecule has 7 nitrogen and oxygen atoms in total. The van der Waals surface area contributed by atoms with Crippen LogP contribution in [0.5, 0.6) is 11.5 Å². The van der Waals surface area contributed by atoms with Crippen molar-refractivity contribution in [1.29, 1.82) is 0 Å². The fraction of sp³-hybridized carbons (Fsp3) is 0.115. The van der Waals surface area contributed by atoms with Crippen LogP contribution in [-0.4, -0.2) is 25.0 Å². The van der Waals surface area contributed by atoms with Gasteiger partial charge in [-0.2, -0.15) is 0 Å². The number of methoxy groups -OCH3 is 1. The molecule has 4 amide bonds. The van der Waals surface area contributed by atoms with Crippen molar-refractivity contribution in [2.45, 2.75) is 13.5 Å². The number of urea groups is 1. The molecule has 3 aromatic rings. The lowest BCUT2D eigenvalue weighted by molar-refractivity contribution is -0.122. The van der Waals surface area contributed by atoms with Crippen LogP contribution in [0, 0.1) is 10.5 Å². The molecular weight excluding hydrogens is 627 g/mol. The van der Waals surface area contributed by atoms with Gasteiger partial charge in [0.25, 0.3) is 11.8 Å². The van der Waals surface area contributed by atoms with Crippen LogP contribution in [0.15, 0.2) is 70.7 Å². The molecule has 1 N–H and O–H groups in total. The Morgan fingerprint density at radius 1 is 1.06 bits per heavy atom. The summed E-state index contributed by atoms with van der Waals surface area (Å²) in [4.78, 5) is 39.1. The van der Waals surface area contributed by atoms with Gasteiger partial charge in [0, 0.05) is 10.0 Å². The van der Waals surface area contributed by atoms with Crippen molar-refractivity contribution in [1.82, 2.24) is 5.32 Å². The Kier molecular flexibility index (Phi) is 7.56. The van der Waals surface area contributed by atoms with E-state index in [0.717, 1.165) is 24.1 Å². The summed E-state index contributed by atoms with van der Waals surface area (Å²) in [6.07, 6.45) is 1.44. The molecule has 0 unspecified atom stereocenters. The molecule has 0 radical (unpaired) electrons. The van der Waals surface area contributed by atoms with Crippen molar-refractivity contribution in [3.8, 4) is 11.5 Å².